The van der Waals surface area contributed by atoms with Crippen LogP contribution >= 0.6 is 0 Å². The monoisotopic (exact) mass is 246 g/mol. The van der Waals surface area contributed by atoms with E-state index in [1.165, 1.54) is 6.07 Å². The first-order valence-electron chi connectivity index (χ1n) is 4.39. The van der Waals surface area contributed by atoms with Crippen molar-refractivity contribution in [1.82, 2.24) is 0 Å². The van der Waals surface area contributed by atoms with Gasteiger partial charge in [-0.2, -0.15) is 0 Å². The Balaban J connectivity index is 3.03. The molecule has 1 rings (SSSR count). The van der Waals surface area contributed by atoms with Crippen LogP contribution in [0.1, 0.15) is 6.42 Å². The zero-order valence-corrected chi connectivity index (χ0v) is 9.13. The number of benzene rings is 1. The molecule has 0 aliphatic carbocycles. The van der Waals surface area contributed by atoms with Crippen LogP contribution < -0.4 is 11.5 Å². The molecule has 0 spiro atoms. The number of carbonyl (C=O) groups is 1. The van der Waals surface area contributed by atoms with Crippen molar-refractivity contribution in [3.05, 3.63) is 24.0 Å². The van der Waals surface area contributed by atoms with Gasteiger partial charge in [-0.05, 0) is 18.2 Å². The third-order valence-corrected chi connectivity index (χ3v) is 3.65. The van der Waals surface area contributed by atoms with Gasteiger partial charge in [-0.15, -0.1) is 0 Å². The molecule has 7 heteroatoms. The number of amides is 1. The third kappa shape index (κ3) is 2.93. The number of carbonyl (C=O) groups excluding carboxylic acids is 1. The van der Waals surface area contributed by atoms with E-state index in [-0.39, 0.29) is 12.1 Å². The molecule has 0 fully saturated rings. The molecule has 4 N–H and O–H groups in total. The first kappa shape index (κ1) is 12.4. The fraction of sp³-hybridized carbons (Fsp3) is 0.222. The van der Waals surface area contributed by atoms with E-state index >= 15 is 0 Å². The van der Waals surface area contributed by atoms with Gasteiger partial charge in [0.25, 0.3) is 0 Å². The van der Waals surface area contributed by atoms with E-state index in [0.29, 0.717) is 0 Å². The summed E-state index contributed by atoms with van der Waals surface area (Å²) in [6.45, 7) is 0. The van der Waals surface area contributed by atoms with Crippen molar-refractivity contribution in [3.63, 3.8) is 0 Å². The summed E-state index contributed by atoms with van der Waals surface area (Å²) in [4.78, 5) is 9.99. The second kappa shape index (κ2) is 4.48. The first-order valence-corrected chi connectivity index (χ1v) is 6.04. The molecule has 0 radical (unpaired) electrons. The molecular formula is C9H11FN2O3S. The highest BCUT2D eigenvalue weighted by atomic mass is 32.2. The van der Waals surface area contributed by atoms with Gasteiger partial charge in [0.2, 0.25) is 5.91 Å². The topological polar surface area (TPSA) is 103 Å². The molecule has 0 saturated heterocycles. The van der Waals surface area contributed by atoms with Crippen molar-refractivity contribution in [3.8, 4) is 0 Å². The van der Waals surface area contributed by atoms with Crippen molar-refractivity contribution >= 4 is 21.4 Å². The van der Waals surface area contributed by atoms with Crippen LogP contribution in [0.3, 0.4) is 0 Å². The van der Waals surface area contributed by atoms with Gasteiger partial charge >= 0.3 is 0 Å². The molecule has 0 aliphatic heterocycles. The fourth-order valence-electron chi connectivity index (χ4n) is 1.11. The molecule has 1 aromatic rings. The molecule has 0 bridgehead atoms. The highest BCUT2D eigenvalue weighted by Crippen LogP contribution is 2.18. The summed E-state index contributed by atoms with van der Waals surface area (Å²) in [5, 5.41) is 0. The zero-order chi connectivity index (χ0) is 12.3. The Labute approximate surface area is 92.2 Å². The van der Waals surface area contributed by atoms with Crippen LogP contribution in [0.25, 0.3) is 0 Å². The molecule has 0 saturated carbocycles. The number of hydrogen-bond acceptors (Lipinski definition) is 4. The van der Waals surface area contributed by atoms with Crippen LogP contribution in [0.15, 0.2) is 23.1 Å². The van der Waals surface area contributed by atoms with E-state index in [1.54, 1.807) is 0 Å². The van der Waals surface area contributed by atoms with Crippen LogP contribution in [-0.2, 0) is 14.6 Å². The summed E-state index contributed by atoms with van der Waals surface area (Å²) in [6, 6.07) is 3.26. The number of sulfone groups is 1. The summed E-state index contributed by atoms with van der Waals surface area (Å²) in [7, 11) is -3.83. The van der Waals surface area contributed by atoms with Gasteiger partial charge in [0.05, 0.1) is 5.75 Å². The van der Waals surface area contributed by atoms with Crippen molar-refractivity contribution in [2.45, 2.75) is 11.3 Å². The molecule has 0 aliphatic rings. The van der Waals surface area contributed by atoms with Crippen LogP contribution in [-0.4, -0.2) is 20.1 Å². The fourth-order valence-corrected chi connectivity index (χ4v) is 2.44. The summed E-state index contributed by atoms with van der Waals surface area (Å²) in [5.41, 5.74) is 10.2. The summed E-state index contributed by atoms with van der Waals surface area (Å²) >= 11 is 0. The molecule has 16 heavy (non-hydrogen) atoms. The smallest absolute Gasteiger partial charge is 0.218 e. The zero-order valence-electron chi connectivity index (χ0n) is 8.31. The SMILES string of the molecule is NC(=O)CCS(=O)(=O)c1ccc(N)cc1F. The van der Waals surface area contributed by atoms with Crippen molar-refractivity contribution in [1.29, 1.82) is 0 Å². The summed E-state index contributed by atoms with van der Waals surface area (Å²) in [5.74, 6) is -2.19. The maximum atomic E-state index is 13.3. The number of rotatable bonds is 4. The Morgan fingerprint density at radius 3 is 2.50 bits per heavy atom. The Morgan fingerprint density at radius 2 is 2.00 bits per heavy atom. The average Bonchev–Trinajstić information content (AvgIpc) is 2.14. The Morgan fingerprint density at radius 1 is 1.38 bits per heavy atom. The maximum Gasteiger partial charge on any atom is 0.218 e. The molecular weight excluding hydrogens is 235 g/mol. The molecule has 1 amide bonds. The molecule has 0 aromatic heterocycles. The maximum absolute atomic E-state index is 13.3. The van der Waals surface area contributed by atoms with Gasteiger partial charge in [0.15, 0.2) is 9.84 Å². The van der Waals surface area contributed by atoms with Crippen LogP contribution in [0.5, 0.6) is 0 Å². The number of hydrogen-bond donors (Lipinski definition) is 2. The lowest BCUT2D eigenvalue weighted by Crippen LogP contribution is -2.18. The Kier molecular flexibility index (Phi) is 3.48. The minimum atomic E-state index is -3.83. The third-order valence-electron chi connectivity index (χ3n) is 1.91. The van der Waals surface area contributed by atoms with E-state index in [1.807, 2.05) is 0 Å². The number of primary amides is 1. The van der Waals surface area contributed by atoms with Crippen molar-refractivity contribution < 1.29 is 17.6 Å². The molecule has 1 aromatic carbocycles. The van der Waals surface area contributed by atoms with Gasteiger partial charge in [0.1, 0.15) is 10.7 Å². The van der Waals surface area contributed by atoms with Crippen molar-refractivity contribution in [2.24, 2.45) is 5.73 Å². The van der Waals surface area contributed by atoms with E-state index in [4.69, 9.17) is 11.5 Å². The Hall–Kier alpha value is -1.63. The number of nitrogens with two attached hydrogens (primary N) is 2. The minimum absolute atomic E-state index is 0.131. The lowest BCUT2D eigenvalue weighted by atomic mass is 10.3. The normalized spacial score (nSPS) is 11.3. The van der Waals surface area contributed by atoms with E-state index in [9.17, 15) is 17.6 Å². The second-order valence-electron chi connectivity index (χ2n) is 3.23. The number of nitrogen functional groups attached to an aromatic ring is 1. The summed E-state index contributed by atoms with van der Waals surface area (Å²) in [6.07, 6.45) is -0.341. The number of anilines is 1. The quantitative estimate of drug-likeness (QED) is 0.733. The minimum Gasteiger partial charge on any atom is -0.399 e. The van der Waals surface area contributed by atoms with Crippen molar-refractivity contribution in [2.75, 3.05) is 11.5 Å². The van der Waals surface area contributed by atoms with Gasteiger partial charge < -0.3 is 11.5 Å². The number of halogens is 1. The van der Waals surface area contributed by atoms with Gasteiger partial charge in [-0.3, -0.25) is 4.79 Å². The predicted molar refractivity (Wildman–Crippen MR) is 56.7 cm³/mol. The van der Waals surface area contributed by atoms with Gasteiger partial charge in [-0.1, -0.05) is 0 Å². The standard InChI is InChI=1S/C9H11FN2O3S/c10-7-5-6(11)1-2-8(7)16(14,15)4-3-9(12)13/h1-2,5H,3-4,11H2,(H2,12,13). The molecule has 88 valence electrons. The lowest BCUT2D eigenvalue weighted by Gasteiger charge is -2.04. The first-order chi connectivity index (χ1) is 7.33. The van der Waals surface area contributed by atoms with Gasteiger partial charge in [0, 0.05) is 12.1 Å². The van der Waals surface area contributed by atoms with E-state index in [2.05, 4.69) is 0 Å². The lowest BCUT2D eigenvalue weighted by molar-refractivity contribution is -0.117. The molecule has 0 unspecified atom stereocenters. The van der Waals surface area contributed by atoms with E-state index < -0.39 is 32.2 Å². The average molecular weight is 246 g/mol. The Bertz CT molecular complexity index is 513. The largest absolute Gasteiger partial charge is 0.399 e. The second-order valence-corrected chi connectivity index (χ2v) is 5.30. The molecule has 5 nitrogen and oxygen atoms in total. The van der Waals surface area contributed by atoms with Crippen LogP contribution in [0, 0.1) is 5.82 Å². The molecule has 0 heterocycles. The van der Waals surface area contributed by atoms with Crippen LogP contribution in [0.2, 0.25) is 0 Å². The molecule has 0 atom stereocenters. The predicted octanol–water partition coefficient (Wildman–Crippen LogP) is 0.0570. The highest BCUT2D eigenvalue weighted by molar-refractivity contribution is 7.91. The highest BCUT2D eigenvalue weighted by Gasteiger charge is 2.19. The van der Waals surface area contributed by atoms with E-state index in [0.717, 1.165) is 12.1 Å². The van der Waals surface area contributed by atoms with Gasteiger partial charge in [-0.25, -0.2) is 12.8 Å². The summed E-state index contributed by atoms with van der Waals surface area (Å²) < 4.78 is 36.5. The van der Waals surface area contributed by atoms with Crippen LogP contribution in [0.4, 0.5) is 10.1 Å².